The van der Waals surface area contributed by atoms with E-state index in [9.17, 15) is 9.59 Å². The SMILES string of the molecule is CCc1ccc(N2C[C@@H](C(=O)Nc3cnc4c(cnn4C(C)C)c3)CC2=O)cc1. The maximum absolute atomic E-state index is 12.7. The lowest BCUT2D eigenvalue weighted by Gasteiger charge is -2.17. The van der Waals surface area contributed by atoms with Crippen LogP contribution in [-0.2, 0) is 16.0 Å². The van der Waals surface area contributed by atoms with Crippen LogP contribution in [-0.4, -0.2) is 33.1 Å². The van der Waals surface area contributed by atoms with Crippen molar-refractivity contribution in [2.45, 2.75) is 39.7 Å². The zero-order valence-corrected chi connectivity index (χ0v) is 16.9. The standard InChI is InChI=1S/C22H25N5O2/c1-4-15-5-7-19(8-6-15)26-13-17(10-20(26)28)22(29)25-18-9-16-11-24-27(14(2)3)21(16)23-12-18/h5-9,11-12,14,17H,4,10,13H2,1-3H3,(H,25,29)/t17-/m0/s1. The molecule has 1 N–H and O–H groups in total. The van der Waals surface area contributed by atoms with Crippen molar-refractivity contribution in [1.82, 2.24) is 14.8 Å². The van der Waals surface area contributed by atoms with E-state index < -0.39 is 0 Å². The fourth-order valence-electron chi connectivity index (χ4n) is 3.68. The van der Waals surface area contributed by atoms with E-state index in [1.807, 2.05) is 48.9 Å². The topological polar surface area (TPSA) is 80.1 Å². The van der Waals surface area contributed by atoms with E-state index in [4.69, 9.17) is 0 Å². The van der Waals surface area contributed by atoms with Crippen LogP contribution in [0.4, 0.5) is 11.4 Å². The molecule has 1 aromatic carbocycles. The van der Waals surface area contributed by atoms with Crippen LogP contribution in [0.15, 0.2) is 42.7 Å². The van der Waals surface area contributed by atoms with Crippen molar-refractivity contribution < 1.29 is 9.59 Å². The van der Waals surface area contributed by atoms with Crippen molar-refractivity contribution in [3.05, 3.63) is 48.3 Å². The highest BCUT2D eigenvalue weighted by Crippen LogP contribution is 2.27. The maximum Gasteiger partial charge on any atom is 0.229 e. The first kappa shape index (κ1) is 19.1. The van der Waals surface area contributed by atoms with E-state index in [1.165, 1.54) is 5.56 Å². The van der Waals surface area contributed by atoms with Gasteiger partial charge < -0.3 is 10.2 Å². The number of amides is 2. The summed E-state index contributed by atoms with van der Waals surface area (Å²) in [6.45, 7) is 6.57. The van der Waals surface area contributed by atoms with Crippen molar-refractivity contribution in [1.29, 1.82) is 0 Å². The van der Waals surface area contributed by atoms with E-state index >= 15 is 0 Å². The van der Waals surface area contributed by atoms with Crippen molar-refractivity contribution in [2.75, 3.05) is 16.8 Å². The molecular formula is C22H25N5O2. The Balaban J connectivity index is 1.46. The minimum Gasteiger partial charge on any atom is -0.324 e. The number of pyridine rings is 1. The van der Waals surface area contributed by atoms with Gasteiger partial charge >= 0.3 is 0 Å². The molecule has 3 heterocycles. The van der Waals surface area contributed by atoms with Crippen LogP contribution in [0.1, 0.15) is 38.8 Å². The second-order valence-electron chi connectivity index (χ2n) is 7.73. The molecule has 0 saturated carbocycles. The molecule has 150 valence electrons. The third kappa shape index (κ3) is 3.72. The molecule has 0 radical (unpaired) electrons. The van der Waals surface area contributed by atoms with Crippen LogP contribution in [0.5, 0.6) is 0 Å². The summed E-state index contributed by atoms with van der Waals surface area (Å²) in [5.41, 5.74) is 3.46. The molecule has 0 bridgehead atoms. The Labute approximate surface area is 169 Å². The molecule has 4 rings (SSSR count). The molecule has 29 heavy (non-hydrogen) atoms. The van der Waals surface area contributed by atoms with Gasteiger partial charge in [-0.2, -0.15) is 5.10 Å². The van der Waals surface area contributed by atoms with Crippen molar-refractivity contribution in [2.24, 2.45) is 5.92 Å². The van der Waals surface area contributed by atoms with Gasteiger partial charge in [0, 0.05) is 30.1 Å². The minimum absolute atomic E-state index is 0.0267. The Morgan fingerprint density at radius 2 is 2.00 bits per heavy atom. The lowest BCUT2D eigenvalue weighted by Crippen LogP contribution is -2.28. The first-order valence-electron chi connectivity index (χ1n) is 9.99. The molecule has 0 aliphatic carbocycles. The zero-order valence-electron chi connectivity index (χ0n) is 16.9. The van der Waals surface area contributed by atoms with Gasteiger partial charge in [0.2, 0.25) is 11.8 Å². The fourth-order valence-corrected chi connectivity index (χ4v) is 3.68. The number of fused-ring (bicyclic) bond motifs is 1. The lowest BCUT2D eigenvalue weighted by molar-refractivity contribution is -0.122. The number of nitrogens with zero attached hydrogens (tertiary/aromatic N) is 4. The first-order valence-corrected chi connectivity index (χ1v) is 9.99. The van der Waals surface area contributed by atoms with E-state index in [-0.39, 0.29) is 30.2 Å². The van der Waals surface area contributed by atoms with Gasteiger partial charge in [-0.25, -0.2) is 9.67 Å². The van der Waals surface area contributed by atoms with E-state index in [2.05, 4.69) is 22.3 Å². The molecule has 7 heteroatoms. The van der Waals surface area contributed by atoms with E-state index in [1.54, 1.807) is 17.3 Å². The number of nitrogens with one attached hydrogen (secondary N) is 1. The molecule has 0 spiro atoms. The van der Waals surface area contributed by atoms with Crippen LogP contribution < -0.4 is 10.2 Å². The van der Waals surface area contributed by atoms with Gasteiger partial charge in [-0.05, 0) is 44.0 Å². The highest BCUT2D eigenvalue weighted by atomic mass is 16.2. The van der Waals surface area contributed by atoms with Gasteiger partial charge in [-0.1, -0.05) is 19.1 Å². The number of aryl methyl sites for hydroxylation is 1. The summed E-state index contributed by atoms with van der Waals surface area (Å²) in [5, 5.41) is 8.13. The zero-order chi connectivity index (χ0) is 20.5. The van der Waals surface area contributed by atoms with Gasteiger partial charge in [0.25, 0.3) is 0 Å². The second-order valence-corrected chi connectivity index (χ2v) is 7.73. The predicted octanol–water partition coefficient (Wildman–Crippen LogP) is 3.57. The Bertz CT molecular complexity index is 1050. The van der Waals surface area contributed by atoms with Crippen molar-refractivity contribution >= 4 is 34.2 Å². The number of aromatic nitrogens is 3. The quantitative estimate of drug-likeness (QED) is 0.721. The predicted molar refractivity (Wildman–Crippen MR) is 113 cm³/mol. The van der Waals surface area contributed by atoms with Crippen molar-refractivity contribution in [3.8, 4) is 0 Å². The number of anilines is 2. The summed E-state index contributed by atoms with van der Waals surface area (Å²) in [4.78, 5) is 31.3. The number of carbonyl (C=O) groups is 2. The monoisotopic (exact) mass is 391 g/mol. The van der Waals surface area contributed by atoms with Gasteiger partial charge in [-0.3, -0.25) is 9.59 Å². The molecule has 1 atom stereocenters. The van der Waals surface area contributed by atoms with Gasteiger partial charge in [0.1, 0.15) is 0 Å². The number of carbonyl (C=O) groups excluding carboxylic acids is 2. The summed E-state index contributed by atoms with van der Waals surface area (Å²) in [5.74, 6) is -0.577. The smallest absolute Gasteiger partial charge is 0.229 e. The molecule has 7 nitrogen and oxygen atoms in total. The minimum atomic E-state index is -0.387. The molecule has 1 fully saturated rings. The highest BCUT2D eigenvalue weighted by Gasteiger charge is 2.35. The van der Waals surface area contributed by atoms with E-state index in [0.29, 0.717) is 12.2 Å². The number of benzene rings is 1. The Morgan fingerprint density at radius 3 is 2.69 bits per heavy atom. The average molecular weight is 391 g/mol. The van der Waals surface area contributed by atoms with Crippen LogP contribution in [0.2, 0.25) is 0 Å². The van der Waals surface area contributed by atoms with Crippen LogP contribution in [0, 0.1) is 5.92 Å². The summed E-state index contributed by atoms with van der Waals surface area (Å²) < 4.78 is 1.85. The molecule has 1 saturated heterocycles. The van der Waals surface area contributed by atoms with Gasteiger partial charge in [0.15, 0.2) is 5.65 Å². The first-order chi connectivity index (χ1) is 14.0. The molecule has 1 aliphatic rings. The largest absolute Gasteiger partial charge is 0.324 e. The third-order valence-electron chi connectivity index (χ3n) is 5.34. The third-order valence-corrected chi connectivity index (χ3v) is 5.34. The summed E-state index contributed by atoms with van der Waals surface area (Å²) >= 11 is 0. The summed E-state index contributed by atoms with van der Waals surface area (Å²) in [6.07, 6.45) is 4.55. The average Bonchev–Trinajstić information content (AvgIpc) is 3.31. The maximum atomic E-state index is 12.7. The Morgan fingerprint density at radius 1 is 1.24 bits per heavy atom. The van der Waals surface area contributed by atoms with Crippen LogP contribution in [0.3, 0.4) is 0 Å². The van der Waals surface area contributed by atoms with Crippen LogP contribution in [0.25, 0.3) is 11.0 Å². The number of rotatable bonds is 5. The van der Waals surface area contributed by atoms with Gasteiger partial charge in [0.05, 0.1) is 24.0 Å². The second kappa shape index (κ2) is 7.66. The normalized spacial score (nSPS) is 16.8. The molecule has 1 aliphatic heterocycles. The Kier molecular flexibility index (Phi) is 5.05. The molecule has 0 unspecified atom stereocenters. The number of hydrogen-bond donors (Lipinski definition) is 1. The van der Waals surface area contributed by atoms with Crippen LogP contribution >= 0.6 is 0 Å². The summed E-state index contributed by atoms with van der Waals surface area (Å²) in [7, 11) is 0. The number of hydrogen-bond acceptors (Lipinski definition) is 4. The molecule has 2 amide bonds. The Hall–Kier alpha value is -3.22. The molecular weight excluding hydrogens is 366 g/mol. The summed E-state index contributed by atoms with van der Waals surface area (Å²) in [6, 6.07) is 10.0. The molecule has 2 aromatic heterocycles. The molecule has 3 aromatic rings. The van der Waals surface area contributed by atoms with Crippen molar-refractivity contribution in [3.63, 3.8) is 0 Å². The fraction of sp³-hybridized carbons (Fsp3) is 0.364. The van der Waals surface area contributed by atoms with E-state index in [0.717, 1.165) is 23.1 Å². The highest BCUT2D eigenvalue weighted by molar-refractivity contribution is 6.03. The van der Waals surface area contributed by atoms with Gasteiger partial charge in [-0.15, -0.1) is 0 Å². The lowest BCUT2D eigenvalue weighted by atomic mass is 10.1.